The van der Waals surface area contributed by atoms with Crippen molar-refractivity contribution < 1.29 is 13.5 Å². The zero-order valence-corrected chi connectivity index (χ0v) is 10.8. The minimum atomic E-state index is -2.35. The number of nitrogens with one attached hydrogen (secondary N) is 1. The molecule has 1 rings (SSSR count). The lowest BCUT2D eigenvalue weighted by molar-refractivity contribution is 0.00242. The van der Waals surface area contributed by atoms with E-state index in [1.54, 1.807) is 0 Å². The highest BCUT2D eigenvalue weighted by molar-refractivity contribution is 4.82. The lowest BCUT2D eigenvalue weighted by atomic mass is 9.98. The lowest BCUT2D eigenvalue weighted by Gasteiger charge is -2.37. The van der Waals surface area contributed by atoms with Crippen molar-refractivity contribution in [1.29, 1.82) is 0 Å². The number of hydrogen-bond donors (Lipinski definition) is 1. The SMILES string of the molecule is CCNC1CCN(CCOCC(F)F)C(C)C1. The van der Waals surface area contributed by atoms with E-state index in [1.165, 1.54) is 0 Å². The fourth-order valence-corrected chi connectivity index (χ4v) is 2.38. The summed E-state index contributed by atoms with van der Waals surface area (Å²) in [5.74, 6) is 0. The molecule has 2 unspecified atom stereocenters. The van der Waals surface area contributed by atoms with Gasteiger partial charge in [0.05, 0.1) is 6.61 Å². The highest BCUT2D eigenvalue weighted by Gasteiger charge is 2.24. The standard InChI is InChI=1S/C12H24F2N2O/c1-3-15-11-4-5-16(10(2)8-11)6-7-17-9-12(13)14/h10-12,15H,3-9H2,1-2H3. The summed E-state index contributed by atoms with van der Waals surface area (Å²) in [5.41, 5.74) is 0. The Hall–Kier alpha value is -0.260. The monoisotopic (exact) mass is 250 g/mol. The number of alkyl halides is 2. The molecule has 2 atom stereocenters. The van der Waals surface area contributed by atoms with E-state index in [4.69, 9.17) is 4.74 Å². The van der Waals surface area contributed by atoms with Crippen molar-refractivity contribution in [2.45, 2.75) is 45.2 Å². The molecule has 0 aromatic heterocycles. The van der Waals surface area contributed by atoms with Crippen molar-refractivity contribution >= 4 is 0 Å². The fourth-order valence-electron chi connectivity index (χ4n) is 2.38. The summed E-state index contributed by atoms with van der Waals surface area (Å²) in [6.45, 7) is 7.06. The first-order chi connectivity index (χ1) is 8.13. The molecule has 1 aliphatic heterocycles. The molecule has 1 N–H and O–H groups in total. The first kappa shape index (κ1) is 14.8. The summed E-state index contributed by atoms with van der Waals surface area (Å²) < 4.78 is 28.6. The summed E-state index contributed by atoms with van der Waals surface area (Å²) in [7, 11) is 0. The number of likely N-dealkylation sites (tertiary alicyclic amines) is 1. The van der Waals surface area contributed by atoms with Crippen LogP contribution in [0.25, 0.3) is 0 Å². The van der Waals surface area contributed by atoms with Crippen LogP contribution >= 0.6 is 0 Å². The number of ether oxygens (including phenoxy) is 1. The van der Waals surface area contributed by atoms with Crippen LogP contribution in [0.5, 0.6) is 0 Å². The molecule has 0 aromatic carbocycles. The molecule has 0 radical (unpaired) electrons. The predicted octanol–water partition coefficient (Wildman–Crippen LogP) is 1.73. The van der Waals surface area contributed by atoms with Crippen molar-refractivity contribution in [2.75, 3.05) is 32.8 Å². The average molecular weight is 250 g/mol. The summed E-state index contributed by atoms with van der Waals surface area (Å²) in [5, 5.41) is 3.46. The van der Waals surface area contributed by atoms with Gasteiger partial charge in [-0.05, 0) is 32.9 Å². The predicted molar refractivity (Wildman–Crippen MR) is 64.6 cm³/mol. The van der Waals surface area contributed by atoms with E-state index in [9.17, 15) is 8.78 Å². The van der Waals surface area contributed by atoms with E-state index in [1.807, 2.05) is 0 Å². The third-order valence-electron chi connectivity index (χ3n) is 3.27. The normalized spacial score (nSPS) is 26.6. The van der Waals surface area contributed by atoms with Gasteiger partial charge in [0.1, 0.15) is 6.61 Å². The summed E-state index contributed by atoms with van der Waals surface area (Å²) >= 11 is 0. The molecule has 102 valence electrons. The van der Waals surface area contributed by atoms with Gasteiger partial charge in [-0.25, -0.2) is 8.78 Å². The van der Waals surface area contributed by atoms with Gasteiger partial charge in [0.15, 0.2) is 0 Å². The Kier molecular flexibility index (Phi) is 6.92. The van der Waals surface area contributed by atoms with Crippen molar-refractivity contribution in [3.63, 3.8) is 0 Å². The van der Waals surface area contributed by atoms with Gasteiger partial charge in [-0.15, -0.1) is 0 Å². The van der Waals surface area contributed by atoms with E-state index in [-0.39, 0.29) is 0 Å². The van der Waals surface area contributed by atoms with Crippen LogP contribution in [0.3, 0.4) is 0 Å². The summed E-state index contributed by atoms with van der Waals surface area (Å²) in [4.78, 5) is 2.32. The Labute approximate surface area is 103 Å². The Balaban J connectivity index is 2.14. The highest BCUT2D eigenvalue weighted by atomic mass is 19.3. The van der Waals surface area contributed by atoms with Gasteiger partial charge in [-0.1, -0.05) is 6.92 Å². The van der Waals surface area contributed by atoms with Crippen LogP contribution in [0.15, 0.2) is 0 Å². The maximum absolute atomic E-state index is 11.9. The molecule has 1 aliphatic rings. The van der Waals surface area contributed by atoms with Crippen molar-refractivity contribution in [2.24, 2.45) is 0 Å². The number of rotatable bonds is 7. The van der Waals surface area contributed by atoms with Crippen LogP contribution in [0.2, 0.25) is 0 Å². The largest absolute Gasteiger partial charge is 0.374 e. The quantitative estimate of drug-likeness (QED) is 0.696. The van der Waals surface area contributed by atoms with E-state index < -0.39 is 13.0 Å². The van der Waals surface area contributed by atoms with E-state index in [0.717, 1.165) is 32.5 Å². The fraction of sp³-hybridized carbons (Fsp3) is 1.00. The van der Waals surface area contributed by atoms with Gasteiger partial charge < -0.3 is 10.1 Å². The molecule has 0 amide bonds. The van der Waals surface area contributed by atoms with Crippen LogP contribution in [-0.2, 0) is 4.74 Å². The zero-order chi connectivity index (χ0) is 12.7. The maximum Gasteiger partial charge on any atom is 0.261 e. The molecule has 0 aliphatic carbocycles. The van der Waals surface area contributed by atoms with Crippen LogP contribution < -0.4 is 5.32 Å². The van der Waals surface area contributed by atoms with Crippen LogP contribution in [0, 0.1) is 0 Å². The Morgan fingerprint density at radius 3 is 2.82 bits per heavy atom. The van der Waals surface area contributed by atoms with Crippen molar-refractivity contribution in [3.05, 3.63) is 0 Å². The maximum atomic E-state index is 11.9. The molecule has 0 spiro atoms. The number of hydrogen-bond acceptors (Lipinski definition) is 3. The smallest absolute Gasteiger partial charge is 0.261 e. The van der Waals surface area contributed by atoms with Gasteiger partial charge in [0.25, 0.3) is 6.43 Å². The van der Waals surface area contributed by atoms with Gasteiger partial charge in [-0.2, -0.15) is 0 Å². The van der Waals surface area contributed by atoms with E-state index in [2.05, 4.69) is 24.1 Å². The third-order valence-corrected chi connectivity index (χ3v) is 3.27. The third kappa shape index (κ3) is 5.75. The molecule has 1 saturated heterocycles. The Bertz CT molecular complexity index is 205. The molecular weight excluding hydrogens is 226 g/mol. The van der Waals surface area contributed by atoms with Gasteiger partial charge in [0.2, 0.25) is 0 Å². The van der Waals surface area contributed by atoms with Crippen molar-refractivity contribution in [1.82, 2.24) is 10.2 Å². The van der Waals surface area contributed by atoms with E-state index in [0.29, 0.717) is 18.7 Å². The average Bonchev–Trinajstić information content (AvgIpc) is 2.27. The van der Waals surface area contributed by atoms with Gasteiger partial charge >= 0.3 is 0 Å². The zero-order valence-electron chi connectivity index (χ0n) is 10.8. The van der Waals surface area contributed by atoms with Gasteiger partial charge in [0, 0.05) is 18.6 Å². The van der Waals surface area contributed by atoms with Crippen LogP contribution in [0.4, 0.5) is 8.78 Å². The second kappa shape index (κ2) is 7.95. The van der Waals surface area contributed by atoms with E-state index >= 15 is 0 Å². The molecule has 0 aromatic rings. The van der Waals surface area contributed by atoms with Crippen LogP contribution in [-0.4, -0.2) is 56.3 Å². The van der Waals surface area contributed by atoms with Crippen LogP contribution in [0.1, 0.15) is 26.7 Å². The second-order valence-electron chi connectivity index (χ2n) is 4.63. The van der Waals surface area contributed by atoms with Gasteiger partial charge in [-0.3, -0.25) is 4.90 Å². The molecule has 5 heteroatoms. The molecular formula is C12H24F2N2O. The molecule has 1 heterocycles. The summed E-state index contributed by atoms with van der Waals surface area (Å²) in [6.07, 6.45) is -0.0951. The molecule has 0 bridgehead atoms. The molecule has 1 fully saturated rings. The van der Waals surface area contributed by atoms with Crippen molar-refractivity contribution in [3.8, 4) is 0 Å². The number of halogens is 2. The summed E-state index contributed by atoms with van der Waals surface area (Å²) in [6, 6.07) is 1.11. The first-order valence-corrected chi connectivity index (χ1v) is 6.46. The molecule has 0 saturated carbocycles. The topological polar surface area (TPSA) is 24.5 Å². The Morgan fingerprint density at radius 2 is 2.24 bits per heavy atom. The minimum Gasteiger partial charge on any atom is -0.374 e. The second-order valence-corrected chi connectivity index (χ2v) is 4.63. The highest BCUT2D eigenvalue weighted by Crippen LogP contribution is 2.16. The minimum absolute atomic E-state index is 0.403. The first-order valence-electron chi connectivity index (χ1n) is 6.46. The Morgan fingerprint density at radius 1 is 1.47 bits per heavy atom. The number of nitrogens with zero attached hydrogens (tertiary/aromatic N) is 1. The molecule has 3 nitrogen and oxygen atoms in total. The number of piperidine rings is 1. The molecule has 17 heavy (non-hydrogen) atoms. The lowest BCUT2D eigenvalue weighted by Crippen LogP contribution is -2.48.